The summed E-state index contributed by atoms with van der Waals surface area (Å²) in [5, 5.41) is 9.87. The van der Waals surface area contributed by atoms with E-state index in [0.717, 1.165) is 13.0 Å². The van der Waals surface area contributed by atoms with E-state index >= 15 is 0 Å². The van der Waals surface area contributed by atoms with Crippen LogP contribution in [-0.2, 0) is 20.9 Å². The third kappa shape index (κ3) is 4.04. The van der Waals surface area contributed by atoms with Crippen LogP contribution in [0.1, 0.15) is 26.2 Å². The number of piperidine rings is 1. The van der Waals surface area contributed by atoms with Crippen molar-refractivity contribution in [2.45, 2.75) is 32.7 Å². The van der Waals surface area contributed by atoms with Gasteiger partial charge in [-0.3, -0.25) is 14.3 Å². The fraction of sp³-hybridized carbons (Fsp3) is 0.643. The zero-order valence-electron chi connectivity index (χ0n) is 12.5. The van der Waals surface area contributed by atoms with Crippen LogP contribution in [0.15, 0.2) is 12.3 Å². The molecule has 0 spiro atoms. The predicted octanol–water partition coefficient (Wildman–Crippen LogP) is 0.774. The monoisotopic (exact) mass is 294 g/mol. The number of rotatable bonds is 6. The largest absolute Gasteiger partial charge is 0.385 e. The fourth-order valence-electron chi connectivity index (χ4n) is 2.24. The summed E-state index contributed by atoms with van der Waals surface area (Å²) in [5.41, 5.74) is -0.576. The van der Waals surface area contributed by atoms with Crippen LogP contribution in [0.25, 0.3) is 0 Å². The first-order valence-electron chi connectivity index (χ1n) is 7.14. The molecular weight excluding hydrogens is 272 g/mol. The number of ether oxygens (including phenoxy) is 1. The second-order valence-corrected chi connectivity index (χ2v) is 5.60. The molecule has 2 rings (SSSR count). The Labute approximate surface area is 124 Å². The zero-order valence-corrected chi connectivity index (χ0v) is 12.5. The molecule has 2 amide bonds. The van der Waals surface area contributed by atoms with Crippen molar-refractivity contribution in [2.24, 2.45) is 5.41 Å². The Kier molecular flexibility index (Phi) is 4.95. The van der Waals surface area contributed by atoms with Gasteiger partial charge in [0.1, 0.15) is 0 Å². The van der Waals surface area contributed by atoms with Crippen LogP contribution in [0, 0.1) is 5.41 Å². The van der Waals surface area contributed by atoms with Gasteiger partial charge in [-0.2, -0.15) is 5.10 Å². The molecule has 0 aliphatic carbocycles. The highest BCUT2D eigenvalue weighted by atomic mass is 16.5. The Morgan fingerprint density at radius 3 is 3.10 bits per heavy atom. The van der Waals surface area contributed by atoms with Gasteiger partial charge in [-0.15, -0.1) is 0 Å². The number of nitrogens with one attached hydrogen (secondary N) is 2. The van der Waals surface area contributed by atoms with Crippen LogP contribution >= 0.6 is 0 Å². The van der Waals surface area contributed by atoms with E-state index in [9.17, 15) is 9.59 Å². The Bertz CT molecular complexity index is 502. The smallest absolute Gasteiger partial charge is 0.233 e. The number of amides is 2. The lowest BCUT2D eigenvalue weighted by molar-refractivity contribution is -0.130. The number of hydrogen-bond acceptors (Lipinski definition) is 4. The molecule has 1 saturated heterocycles. The summed E-state index contributed by atoms with van der Waals surface area (Å²) >= 11 is 0. The van der Waals surface area contributed by atoms with E-state index in [-0.39, 0.29) is 11.8 Å². The van der Waals surface area contributed by atoms with Gasteiger partial charge in [0.2, 0.25) is 11.8 Å². The van der Waals surface area contributed by atoms with E-state index in [1.165, 1.54) is 0 Å². The highest BCUT2D eigenvalue weighted by Crippen LogP contribution is 2.27. The molecule has 7 nitrogen and oxygen atoms in total. The van der Waals surface area contributed by atoms with Crippen molar-refractivity contribution in [3.8, 4) is 0 Å². The van der Waals surface area contributed by atoms with Gasteiger partial charge in [0, 0.05) is 45.5 Å². The molecule has 1 atom stereocenters. The predicted molar refractivity (Wildman–Crippen MR) is 77.7 cm³/mol. The molecule has 1 aliphatic rings. The van der Waals surface area contributed by atoms with Crippen molar-refractivity contribution < 1.29 is 14.3 Å². The molecule has 1 aromatic heterocycles. The van der Waals surface area contributed by atoms with Gasteiger partial charge >= 0.3 is 0 Å². The van der Waals surface area contributed by atoms with Crippen LogP contribution in [0.5, 0.6) is 0 Å². The van der Waals surface area contributed by atoms with Crippen LogP contribution in [-0.4, -0.2) is 41.9 Å². The quantitative estimate of drug-likeness (QED) is 0.759. The molecule has 0 aromatic carbocycles. The molecule has 21 heavy (non-hydrogen) atoms. The number of aryl methyl sites for hydroxylation is 1. The zero-order chi connectivity index (χ0) is 15.3. The first-order chi connectivity index (χ1) is 10.0. The first-order valence-corrected chi connectivity index (χ1v) is 7.14. The van der Waals surface area contributed by atoms with Crippen molar-refractivity contribution in [3.05, 3.63) is 12.3 Å². The Morgan fingerprint density at radius 2 is 2.43 bits per heavy atom. The molecule has 7 heteroatoms. The number of hydrogen-bond donors (Lipinski definition) is 2. The first kappa shape index (κ1) is 15.5. The van der Waals surface area contributed by atoms with Gasteiger partial charge in [-0.1, -0.05) is 0 Å². The van der Waals surface area contributed by atoms with Crippen LogP contribution in [0.3, 0.4) is 0 Å². The number of anilines is 1. The Hall–Kier alpha value is -1.89. The molecule has 1 aliphatic heterocycles. The van der Waals surface area contributed by atoms with Crippen LogP contribution in [0.2, 0.25) is 0 Å². The number of aromatic nitrogens is 2. The van der Waals surface area contributed by atoms with Crippen molar-refractivity contribution in [1.82, 2.24) is 15.1 Å². The minimum Gasteiger partial charge on any atom is -0.385 e. The van der Waals surface area contributed by atoms with Gasteiger partial charge < -0.3 is 15.4 Å². The van der Waals surface area contributed by atoms with Crippen LogP contribution in [0.4, 0.5) is 5.82 Å². The van der Waals surface area contributed by atoms with Crippen molar-refractivity contribution in [3.63, 3.8) is 0 Å². The van der Waals surface area contributed by atoms with Gasteiger partial charge in [0.05, 0.1) is 5.41 Å². The number of carbonyl (C=O) groups is 2. The highest BCUT2D eigenvalue weighted by molar-refractivity contribution is 5.95. The third-order valence-corrected chi connectivity index (χ3v) is 3.75. The minimum absolute atomic E-state index is 0.00250. The molecule has 1 fully saturated rings. The molecule has 2 heterocycles. The summed E-state index contributed by atoms with van der Waals surface area (Å²) in [4.78, 5) is 23.5. The second-order valence-electron chi connectivity index (χ2n) is 5.60. The van der Waals surface area contributed by atoms with Gasteiger partial charge in [-0.25, -0.2) is 0 Å². The average molecular weight is 294 g/mol. The standard InChI is InChI=1S/C14H22N4O3/c1-14(6-4-12(19)15-10-14)13(20)16-11-5-8-18(17-11)7-3-9-21-2/h5,8H,3-4,6-7,9-10H2,1-2H3,(H,15,19)(H,16,17,20)/t14-/m0/s1. The average Bonchev–Trinajstić information content (AvgIpc) is 2.90. The normalized spacial score (nSPS) is 21.9. The van der Waals surface area contributed by atoms with Crippen molar-refractivity contribution >= 4 is 17.6 Å². The van der Waals surface area contributed by atoms with Crippen LogP contribution < -0.4 is 10.6 Å². The number of methoxy groups -OCH3 is 1. The number of nitrogens with zero attached hydrogens (tertiary/aromatic N) is 2. The topological polar surface area (TPSA) is 85.2 Å². The van der Waals surface area contributed by atoms with E-state index in [4.69, 9.17) is 4.74 Å². The number of carbonyl (C=O) groups excluding carboxylic acids is 2. The SMILES string of the molecule is COCCCn1ccc(NC(=O)[C@@]2(C)CCC(=O)NC2)n1. The summed E-state index contributed by atoms with van der Waals surface area (Å²) < 4.78 is 6.77. The maximum absolute atomic E-state index is 12.3. The van der Waals surface area contributed by atoms with Gasteiger partial charge in [0.25, 0.3) is 0 Å². The summed E-state index contributed by atoms with van der Waals surface area (Å²) in [5.74, 6) is 0.433. The van der Waals surface area contributed by atoms with Crippen molar-refractivity contribution in [1.29, 1.82) is 0 Å². The molecule has 1 aromatic rings. The minimum atomic E-state index is -0.576. The molecule has 0 radical (unpaired) electrons. The molecule has 0 bridgehead atoms. The van der Waals surface area contributed by atoms with Gasteiger partial charge in [0.15, 0.2) is 5.82 Å². The van der Waals surface area contributed by atoms with E-state index in [2.05, 4.69) is 15.7 Å². The Balaban J connectivity index is 1.89. The lowest BCUT2D eigenvalue weighted by atomic mass is 9.81. The van der Waals surface area contributed by atoms with E-state index in [1.54, 1.807) is 17.9 Å². The maximum Gasteiger partial charge on any atom is 0.233 e. The molecule has 116 valence electrons. The summed E-state index contributed by atoms with van der Waals surface area (Å²) in [7, 11) is 1.67. The van der Waals surface area contributed by atoms with Gasteiger partial charge in [-0.05, 0) is 19.8 Å². The van der Waals surface area contributed by atoms with Crippen molar-refractivity contribution in [2.75, 3.05) is 25.6 Å². The maximum atomic E-state index is 12.3. The molecule has 2 N–H and O–H groups in total. The molecular formula is C14H22N4O3. The third-order valence-electron chi connectivity index (χ3n) is 3.75. The molecule has 0 saturated carbocycles. The van der Waals surface area contributed by atoms with E-state index < -0.39 is 5.41 Å². The van der Waals surface area contributed by atoms with E-state index in [0.29, 0.717) is 31.8 Å². The lowest BCUT2D eigenvalue weighted by Crippen LogP contribution is -2.48. The van der Waals surface area contributed by atoms with E-state index in [1.807, 2.05) is 13.1 Å². The summed E-state index contributed by atoms with van der Waals surface area (Å²) in [6.45, 7) is 3.65. The molecule has 0 unspecified atom stereocenters. The summed E-state index contributed by atoms with van der Waals surface area (Å²) in [6, 6.07) is 1.77. The lowest BCUT2D eigenvalue weighted by Gasteiger charge is -2.31. The summed E-state index contributed by atoms with van der Waals surface area (Å²) in [6.07, 6.45) is 3.64. The Morgan fingerprint density at radius 1 is 1.62 bits per heavy atom. The fourth-order valence-corrected chi connectivity index (χ4v) is 2.24. The highest BCUT2D eigenvalue weighted by Gasteiger charge is 2.37. The second kappa shape index (κ2) is 6.71.